The summed E-state index contributed by atoms with van der Waals surface area (Å²) in [5, 5.41) is 13.4. The van der Waals surface area contributed by atoms with E-state index >= 15 is 0 Å². The topological polar surface area (TPSA) is 74.7 Å². The zero-order valence-electron chi connectivity index (χ0n) is 69.0. The number of hydrogen-bond donors (Lipinski definition) is 0. The molecule has 0 atom stereocenters. The van der Waals surface area contributed by atoms with Crippen LogP contribution in [0.4, 0.5) is 45.5 Å². The van der Waals surface area contributed by atoms with Crippen molar-refractivity contribution < 1.29 is 64.7 Å². The van der Waals surface area contributed by atoms with Gasteiger partial charge in [-0.1, -0.05) is 155 Å². The number of aromatic nitrogens is 4. The molecule has 4 aromatic heterocycles. The first-order chi connectivity index (χ1) is 58.8. The number of furan rings is 1. The summed E-state index contributed by atoms with van der Waals surface area (Å²) >= 11 is 1.86. The third kappa shape index (κ3) is 19.8. The Balaban J connectivity index is 0.000000123. The maximum absolute atomic E-state index is 5.99. The van der Waals surface area contributed by atoms with Crippen LogP contribution < -0.4 is 29.4 Å². The fourth-order valence-electron chi connectivity index (χ4n) is 15.2. The summed E-state index contributed by atoms with van der Waals surface area (Å²) in [7, 11) is 8.16. The van der Waals surface area contributed by atoms with Crippen molar-refractivity contribution in [2.75, 3.05) is 57.6 Å². The maximum Gasteiger partial charge on any atom is 3.00 e. The van der Waals surface area contributed by atoms with E-state index in [1.165, 1.54) is 87.4 Å². The normalized spacial score (nSPS) is 12.7. The molecule has 0 N–H and O–H groups in total. The molecule has 0 spiro atoms. The van der Waals surface area contributed by atoms with E-state index in [9.17, 15) is 0 Å². The number of hydrogen-bond acceptors (Lipinski definition) is 12. The quantitative estimate of drug-likeness (QED) is 0.123. The van der Waals surface area contributed by atoms with Crippen LogP contribution in [0, 0.1) is 90.8 Å². The van der Waals surface area contributed by atoms with E-state index in [-0.39, 0.29) is 60.3 Å². The van der Waals surface area contributed by atoms with Crippen molar-refractivity contribution >= 4 is 98.9 Å². The molecular formula is C106H86Ir3N12OS-4. The van der Waals surface area contributed by atoms with Gasteiger partial charge in [0.2, 0.25) is 0 Å². The molecule has 0 fully saturated rings. The minimum absolute atomic E-state index is 0. The molecule has 0 saturated carbocycles. The predicted molar refractivity (Wildman–Crippen MR) is 497 cm³/mol. The SMILES string of the molecule is CN1C=CN(c2[c-]cc(-c3ccc4c(c3)oc3ccccc34)cc2)[CH-]1.CN1C=CN(c2[c-]cc(-c3ccc4c(c3)sc3ccccc34)cc2)[CH-]1.CN1[CH-]N(c2[c-]cccc2)c2ccccc21.Cc1cc(-c2ccccc2)cc(C)c1-c1c[c-]c(N2[CH-]N(C)c3ccccc32)cc1.Cc1cc(C)n(-c2[c-]cccc2)n1.[Ir+3].[Ir+3].[Ir].[c-]1ccccc1-n1cccn1. The van der Waals surface area contributed by atoms with Gasteiger partial charge in [-0.05, 0) is 164 Å². The first-order valence-electron chi connectivity index (χ1n) is 39.8. The van der Waals surface area contributed by atoms with Crippen LogP contribution >= 0.6 is 11.3 Å². The number of benzene rings is 14. The third-order valence-corrected chi connectivity index (χ3v) is 22.2. The Kier molecular flexibility index (Phi) is 28.1. The smallest absolute Gasteiger partial charge is 0.510 e. The summed E-state index contributed by atoms with van der Waals surface area (Å²) in [5.41, 5.74) is 27.3. The van der Waals surface area contributed by atoms with Crippen LogP contribution in [0.2, 0.25) is 0 Å². The number of rotatable bonds is 10. The molecule has 18 aromatic rings. The van der Waals surface area contributed by atoms with E-state index < -0.39 is 0 Å². The minimum Gasteiger partial charge on any atom is -0.510 e. The number of para-hydroxylation sites is 8. The molecule has 4 aliphatic rings. The number of nitrogens with zero attached hydrogens (tertiary/aromatic N) is 12. The van der Waals surface area contributed by atoms with Gasteiger partial charge in [-0.3, -0.25) is 9.36 Å². The largest absolute Gasteiger partial charge is 3.00 e. The van der Waals surface area contributed by atoms with Gasteiger partial charge in [-0.25, -0.2) is 0 Å². The van der Waals surface area contributed by atoms with Gasteiger partial charge < -0.3 is 43.6 Å². The van der Waals surface area contributed by atoms with Crippen molar-refractivity contribution in [3.63, 3.8) is 0 Å². The Bertz CT molecular complexity index is 6380. The molecule has 4 aliphatic heterocycles. The molecule has 0 saturated heterocycles. The monoisotopic (exact) mass is 2150 g/mol. The van der Waals surface area contributed by atoms with E-state index in [2.05, 4.69) is 331 Å². The molecule has 13 nitrogen and oxygen atoms in total. The van der Waals surface area contributed by atoms with E-state index in [1.807, 2.05) is 200 Å². The summed E-state index contributed by atoms with van der Waals surface area (Å²) in [6.07, 6.45) is 11.7. The van der Waals surface area contributed by atoms with Crippen LogP contribution in [0.15, 0.2) is 357 Å². The molecule has 0 bridgehead atoms. The summed E-state index contributed by atoms with van der Waals surface area (Å²) in [4.78, 5) is 16.8. The Morgan fingerprint density at radius 1 is 0.350 bits per heavy atom. The Hall–Kier alpha value is -12.7. The van der Waals surface area contributed by atoms with Gasteiger partial charge >= 0.3 is 40.2 Å². The number of fused-ring (bicyclic) bond motifs is 8. The molecule has 22 rings (SSSR count). The molecule has 123 heavy (non-hydrogen) atoms. The Morgan fingerprint density at radius 2 is 0.821 bits per heavy atom. The summed E-state index contributed by atoms with van der Waals surface area (Å²) in [6.45, 7) is 16.7. The standard InChI is InChI=1S/C28H24N2.C22H16N2O.C22H16N2S.C14H12N2.C11H11N2.C9H7N2.3Ir/c1-20-17-24(22-9-5-4-6-10-22)18-21(2)28(20)23-13-15-25(16-14-23)30-19-29(3)26-11-7-8-12-27(26)30;2*1-23-12-13-24(15-23)18-9-6-16(7-10-18)17-8-11-20-19-4-2-3-5-21(19)25-22(20)14-17;1-15-11-16(12-7-3-2-4-8-12)14-10-6-5-9-13(14)15;1-9-8-10(2)13(12-9)11-6-4-3-5-7-11;1-2-5-9(6-3-1)11-8-4-7-10-11;;;/h4-15,17-19H,1-3H3;2*2-9,11-15H,1H3;2-7,9-11H,1H3;3-6,8H,1-2H3;1-5,7-8H;;;/q4*-2;2*-1;;2*+3. The van der Waals surface area contributed by atoms with Gasteiger partial charge in [-0.2, -0.15) is 170 Å². The summed E-state index contributed by atoms with van der Waals surface area (Å²) in [5.74, 6) is 0. The van der Waals surface area contributed by atoms with Gasteiger partial charge in [0, 0.05) is 91.9 Å². The predicted octanol–water partition coefficient (Wildman–Crippen LogP) is 25.6. The van der Waals surface area contributed by atoms with Gasteiger partial charge in [-0.15, -0.1) is 81.1 Å². The van der Waals surface area contributed by atoms with Crippen LogP contribution in [-0.2, 0) is 60.3 Å². The first-order valence-corrected chi connectivity index (χ1v) is 40.6. The minimum atomic E-state index is 0. The second-order valence-electron chi connectivity index (χ2n) is 29.5. The average molecular weight is 2150 g/mol. The second kappa shape index (κ2) is 39.9. The molecule has 0 unspecified atom stereocenters. The van der Waals surface area contributed by atoms with Crippen LogP contribution in [0.25, 0.3) is 98.0 Å². The fourth-order valence-corrected chi connectivity index (χ4v) is 16.4. The Morgan fingerprint density at radius 3 is 1.35 bits per heavy atom. The Labute approximate surface area is 766 Å². The van der Waals surface area contributed by atoms with Crippen molar-refractivity contribution in [1.82, 2.24) is 29.4 Å². The van der Waals surface area contributed by atoms with Crippen LogP contribution in [0.5, 0.6) is 0 Å². The van der Waals surface area contributed by atoms with Gasteiger partial charge in [0.25, 0.3) is 0 Å². The zero-order valence-corrected chi connectivity index (χ0v) is 77.0. The third-order valence-electron chi connectivity index (χ3n) is 21.0. The molecule has 14 aromatic carbocycles. The molecule has 0 amide bonds. The molecule has 1 radical (unpaired) electrons. The van der Waals surface area contributed by atoms with Crippen LogP contribution in [0.3, 0.4) is 0 Å². The number of aryl methyl sites for hydroxylation is 4. The molecule has 17 heteroatoms. The average Bonchev–Trinajstić information content (AvgIpc) is 1.67. The number of anilines is 8. The maximum atomic E-state index is 5.99. The molecular weight excluding hydrogens is 2070 g/mol. The van der Waals surface area contributed by atoms with E-state index in [4.69, 9.17) is 4.42 Å². The van der Waals surface area contributed by atoms with Crippen molar-refractivity contribution in [2.45, 2.75) is 27.7 Å². The summed E-state index contributed by atoms with van der Waals surface area (Å²) in [6, 6.07) is 128. The van der Waals surface area contributed by atoms with E-state index in [1.54, 1.807) is 10.9 Å². The van der Waals surface area contributed by atoms with E-state index in [0.717, 1.165) is 78.6 Å². The first kappa shape index (κ1) is 86.7. The van der Waals surface area contributed by atoms with Gasteiger partial charge in [0.05, 0.1) is 5.69 Å². The zero-order chi connectivity index (χ0) is 82.0. The second-order valence-corrected chi connectivity index (χ2v) is 30.6. The van der Waals surface area contributed by atoms with Crippen molar-refractivity contribution in [1.29, 1.82) is 0 Å². The molecule has 8 heterocycles. The molecule has 0 aliphatic carbocycles. The van der Waals surface area contributed by atoms with Gasteiger partial charge in [0.1, 0.15) is 11.2 Å². The van der Waals surface area contributed by atoms with Crippen molar-refractivity contribution in [3.8, 4) is 55.9 Å². The fraction of sp³-hybridized carbons (Fsp3) is 0.0755. The summed E-state index contributed by atoms with van der Waals surface area (Å²) < 4.78 is 12.3. The molecule has 613 valence electrons. The van der Waals surface area contributed by atoms with Crippen molar-refractivity contribution in [3.05, 3.63) is 438 Å². The van der Waals surface area contributed by atoms with Crippen molar-refractivity contribution in [2.24, 2.45) is 0 Å². The van der Waals surface area contributed by atoms with Crippen LogP contribution in [-0.4, -0.2) is 57.6 Å². The van der Waals surface area contributed by atoms with Gasteiger partial charge in [0.15, 0.2) is 0 Å². The van der Waals surface area contributed by atoms with E-state index in [0.29, 0.717) is 0 Å². The number of thiophene rings is 1. The van der Waals surface area contributed by atoms with Crippen LogP contribution in [0.1, 0.15) is 22.5 Å².